The molecule has 0 bridgehead atoms. The van der Waals surface area contributed by atoms with Crippen molar-refractivity contribution in [2.24, 2.45) is 7.05 Å². The fourth-order valence-electron chi connectivity index (χ4n) is 2.69. The Morgan fingerprint density at radius 1 is 1.39 bits per heavy atom. The van der Waals surface area contributed by atoms with Crippen LogP contribution in [0.4, 0.5) is 0 Å². The molecule has 0 aliphatic heterocycles. The number of rotatable bonds is 6. The molecule has 1 aromatic heterocycles. The third-order valence-corrected chi connectivity index (χ3v) is 4.24. The fraction of sp³-hybridized carbons (Fsp3) is 0.833. The van der Waals surface area contributed by atoms with Gasteiger partial charge in [-0.2, -0.15) is 0 Å². The number of hydrogen-bond acceptors (Lipinski definition) is 4. The van der Waals surface area contributed by atoms with Crippen molar-refractivity contribution in [2.45, 2.75) is 39.3 Å². The minimum atomic E-state index is -0.0176. The first-order valence-electron chi connectivity index (χ1n) is 6.37. The standard InChI is InChI=1S/C12H24BrN5/c1-7-18(8-2)12(3,4)10(14-5)9-11(13)15-16-17(9)6/h10,14H,7-8H2,1-6H3. The summed E-state index contributed by atoms with van der Waals surface area (Å²) < 4.78 is 2.64. The lowest BCUT2D eigenvalue weighted by Crippen LogP contribution is -2.52. The molecular formula is C12H24BrN5. The molecule has 0 aromatic carbocycles. The van der Waals surface area contributed by atoms with Gasteiger partial charge in [0.15, 0.2) is 4.60 Å². The predicted octanol–water partition coefficient (Wildman–Crippen LogP) is 1.96. The zero-order valence-electron chi connectivity index (χ0n) is 12.2. The molecule has 6 heteroatoms. The first-order valence-corrected chi connectivity index (χ1v) is 7.16. The van der Waals surface area contributed by atoms with Crippen LogP contribution in [0.1, 0.15) is 39.4 Å². The minimum Gasteiger partial charge on any atom is -0.310 e. The Balaban J connectivity index is 3.17. The average molecular weight is 318 g/mol. The van der Waals surface area contributed by atoms with Gasteiger partial charge in [-0.05, 0) is 49.9 Å². The smallest absolute Gasteiger partial charge is 0.153 e. The normalized spacial score (nSPS) is 14.2. The Labute approximate surface area is 118 Å². The van der Waals surface area contributed by atoms with Crippen molar-refractivity contribution in [3.8, 4) is 0 Å². The summed E-state index contributed by atoms with van der Waals surface area (Å²) in [5, 5.41) is 11.6. The summed E-state index contributed by atoms with van der Waals surface area (Å²) in [4.78, 5) is 2.44. The van der Waals surface area contributed by atoms with Crippen LogP contribution in [0.2, 0.25) is 0 Å². The second kappa shape index (κ2) is 6.12. The van der Waals surface area contributed by atoms with Crippen molar-refractivity contribution in [1.82, 2.24) is 25.2 Å². The van der Waals surface area contributed by atoms with Crippen LogP contribution in [0.5, 0.6) is 0 Å². The fourth-order valence-corrected chi connectivity index (χ4v) is 3.25. The first kappa shape index (κ1) is 15.6. The molecular weight excluding hydrogens is 294 g/mol. The van der Waals surface area contributed by atoms with E-state index in [9.17, 15) is 0 Å². The van der Waals surface area contributed by atoms with E-state index in [-0.39, 0.29) is 11.6 Å². The molecule has 1 rings (SSSR count). The number of nitrogens with zero attached hydrogens (tertiary/aromatic N) is 4. The molecule has 1 heterocycles. The number of hydrogen-bond donors (Lipinski definition) is 1. The Bertz CT molecular complexity index is 364. The van der Waals surface area contributed by atoms with Crippen LogP contribution in [0.15, 0.2) is 4.60 Å². The van der Waals surface area contributed by atoms with Crippen molar-refractivity contribution < 1.29 is 0 Å². The lowest BCUT2D eigenvalue weighted by molar-refractivity contribution is 0.0909. The van der Waals surface area contributed by atoms with Gasteiger partial charge in [0.2, 0.25) is 0 Å². The largest absolute Gasteiger partial charge is 0.310 e. The molecule has 0 aliphatic rings. The Morgan fingerprint density at radius 3 is 2.28 bits per heavy atom. The molecule has 104 valence electrons. The maximum absolute atomic E-state index is 4.08. The van der Waals surface area contributed by atoms with Crippen LogP contribution in [0, 0.1) is 0 Å². The van der Waals surface area contributed by atoms with Crippen molar-refractivity contribution in [1.29, 1.82) is 0 Å². The average Bonchev–Trinajstić information content (AvgIpc) is 2.63. The van der Waals surface area contributed by atoms with Crippen molar-refractivity contribution in [3.63, 3.8) is 0 Å². The highest BCUT2D eigenvalue weighted by Gasteiger charge is 2.37. The predicted molar refractivity (Wildman–Crippen MR) is 77.5 cm³/mol. The number of nitrogens with one attached hydrogen (secondary N) is 1. The van der Waals surface area contributed by atoms with Crippen LogP contribution < -0.4 is 5.32 Å². The number of halogens is 1. The molecule has 18 heavy (non-hydrogen) atoms. The molecule has 0 saturated carbocycles. The topological polar surface area (TPSA) is 46.0 Å². The van der Waals surface area contributed by atoms with Crippen LogP contribution in [-0.4, -0.2) is 45.6 Å². The summed E-state index contributed by atoms with van der Waals surface area (Å²) in [6.45, 7) is 10.9. The molecule has 1 aromatic rings. The summed E-state index contributed by atoms with van der Waals surface area (Å²) in [6.07, 6.45) is 0. The van der Waals surface area contributed by atoms with Gasteiger partial charge in [-0.15, -0.1) is 5.10 Å². The molecule has 0 spiro atoms. The monoisotopic (exact) mass is 317 g/mol. The molecule has 0 fully saturated rings. The van der Waals surface area contributed by atoms with Gasteiger partial charge < -0.3 is 5.32 Å². The highest BCUT2D eigenvalue weighted by molar-refractivity contribution is 9.10. The second-order valence-electron chi connectivity index (χ2n) is 4.94. The molecule has 1 N–H and O–H groups in total. The summed E-state index contributed by atoms with van der Waals surface area (Å²) >= 11 is 3.49. The van der Waals surface area contributed by atoms with E-state index >= 15 is 0 Å². The van der Waals surface area contributed by atoms with Gasteiger partial charge in [-0.1, -0.05) is 19.1 Å². The zero-order valence-corrected chi connectivity index (χ0v) is 13.7. The lowest BCUT2D eigenvalue weighted by atomic mass is 9.90. The van der Waals surface area contributed by atoms with E-state index in [2.05, 4.69) is 64.2 Å². The molecule has 1 unspecified atom stereocenters. The van der Waals surface area contributed by atoms with E-state index in [1.54, 1.807) is 0 Å². The van der Waals surface area contributed by atoms with Crippen LogP contribution in [0.25, 0.3) is 0 Å². The summed E-state index contributed by atoms with van der Waals surface area (Å²) in [7, 11) is 3.91. The van der Waals surface area contributed by atoms with Gasteiger partial charge in [-0.25, -0.2) is 4.68 Å². The zero-order chi connectivity index (χ0) is 13.9. The Morgan fingerprint density at radius 2 is 1.94 bits per heavy atom. The van der Waals surface area contributed by atoms with Crippen LogP contribution >= 0.6 is 15.9 Å². The third-order valence-electron chi connectivity index (χ3n) is 3.67. The minimum absolute atomic E-state index is 0.0176. The van der Waals surface area contributed by atoms with Gasteiger partial charge in [0, 0.05) is 12.6 Å². The molecule has 5 nitrogen and oxygen atoms in total. The van der Waals surface area contributed by atoms with E-state index in [1.165, 1.54) is 0 Å². The number of aromatic nitrogens is 3. The van der Waals surface area contributed by atoms with E-state index in [0.29, 0.717) is 0 Å². The van der Waals surface area contributed by atoms with Gasteiger partial charge in [0.1, 0.15) is 0 Å². The molecule has 1 atom stereocenters. The van der Waals surface area contributed by atoms with Crippen molar-refractivity contribution in [2.75, 3.05) is 20.1 Å². The number of aryl methyl sites for hydroxylation is 1. The second-order valence-corrected chi connectivity index (χ2v) is 5.69. The van der Waals surface area contributed by atoms with Gasteiger partial charge in [-0.3, -0.25) is 4.90 Å². The van der Waals surface area contributed by atoms with E-state index in [4.69, 9.17) is 0 Å². The highest BCUT2D eigenvalue weighted by Crippen LogP contribution is 2.33. The Kier molecular flexibility index (Phi) is 5.31. The maximum atomic E-state index is 4.08. The SMILES string of the molecule is CCN(CC)C(C)(C)C(NC)c1c(Br)nnn1C. The van der Waals surface area contributed by atoms with Crippen molar-refractivity contribution in [3.05, 3.63) is 10.3 Å². The van der Waals surface area contributed by atoms with E-state index in [1.807, 2.05) is 18.8 Å². The van der Waals surface area contributed by atoms with E-state index in [0.717, 1.165) is 23.4 Å². The quantitative estimate of drug-likeness (QED) is 0.871. The van der Waals surface area contributed by atoms with Crippen LogP contribution in [-0.2, 0) is 7.05 Å². The summed E-state index contributed by atoms with van der Waals surface area (Å²) in [5.41, 5.74) is 1.06. The van der Waals surface area contributed by atoms with Gasteiger partial charge >= 0.3 is 0 Å². The Hall–Kier alpha value is -0.460. The molecule has 0 amide bonds. The third kappa shape index (κ3) is 2.75. The van der Waals surface area contributed by atoms with Gasteiger partial charge in [0.05, 0.1) is 11.7 Å². The molecule has 0 saturated heterocycles. The van der Waals surface area contributed by atoms with Crippen LogP contribution in [0.3, 0.4) is 0 Å². The first-order chi connectivity index (χ1) is 8.39. The maximum Gasteiger partial charge on any atom is 0.153 e. The van der Waals surface area contributed by atoms with Gasteiger partial charge in [0.25, 0.3) is 0 Å². The van der Waals surface area contributed by atoms with E-state index < -0.39 is 0 Å². The molecule has 0 radical (unpaired) electrons. The highest BCUT2D eigenvalue weighted by atomic mass is 79.9. The number of likely N-dealkylation sites (N-methyl/N-ethyl adjacent to an activating group) is 2. The lowest BCUT2D eigenvalue weighted by Gasteiger charge is -2.43. The summed E-state index contributed by atoms with van der Waals surface area (Å²) in [5.74, 6) is 0. The van der Waals surface area contributed by atoms with Crippen molar-refractivity contribution >= 4 is 15.9 Å². The summed E-state index contributed by atoms with van der Waals surface area (Å²) in [6, 6.07) is 0.159. The molecule has 0 aliphatic carbocycles.